The smallest absolute Gasteiger partial charge is 0.418 e. The quantitative estimate of drug-likeness (QED) is 0.188. The summed E-state index contributed by atoms with van der Waals surface area (Å²) in [5.74, 6) is -1.03. The monoisotopic (exact) mass is 562 g/mol. The largest absolute Gasteiger partial charge is 0.457 e. The summed E-state index contributed by atoms with van der Waals surface area (Å²) in [5.41, 5.74) is 0.0196. The molecule has 0 aliphatic carbocycles. The van der Waals surface area contributed by atoms with Crippen LogP contribution < -0.4 is 15.0 Å². The van der Waals surface area contributed by atoms with Crippen LogP contribution in [0.25, 0.3) is 0 Å². The van der Waals surface area contributed by atoms with Crippen LogP contribution >= 0.6 is 11.8 Å². The van der Waals surface area contributed by atoms with E-state index < -0.39 is 29.2 Å². The Kier molecular flexibility index (Phi) is 7.36. The number of para-hydroxylation sites is 1. The molecule has 6 nitrogen and oxygen atoms in total. The third kappa shape index (κ3) is 5.72. The average Bonchev–Trinajstić information content (AvgIpc) is 3.18. The molecule has 1 aliphatic rings. The summed E-state index contributed by atoms with van der Waals surface area (Å²) in [7, 11) is 0. The number of fused-ring (bicyclic) bond motifs is 1. The number of carbonyl (C=O) groups excluding carboxylic acids is 3. The molecular weight excluding hydrogens is 541 g/mol. The molecule has 4 aromatic carbocycles. The number of imide groups is 1. The second kappa shape index (κ2) is 10.9. The number of benzene rings is 4. The highest BCUT2D eigenvalue weighted by Gasteiger charge is 2.42. The van der Waals surface area contributed by atoms with E-state index in [1.807, 2.05) is 31.2 Å². The molecule has 0 fully saturated rings. The average molecular weight is 563 g/mol. The summed E-state index contributed by atoms with van der Waals surface area (Å²) >= 11 is 1.42. The first-order chi connectivity index (χ1) is 19.1. The molecule has 40 heavy (non-hydrogen) atoms. The van der Waals surface area contributed by atoms with Crippen LogP contribution in [0.2, 0.25) is 0 Å². The minimum atomic E-state index is -4.74. The molecule has 0 bridgehead atoms. The summed E-state index contributed by atoms with van der Waals surface area (Å²) in [6.45, 7) is 1.99. The van der Waals surface area contributed by atoms with Gasteiger partial charge >= 0.3 is 6.18 Å². The van der Waals surface area contributed by atoms with Crippen molar-refractivity contribution in [2.24, 2.45) is 0 Å². The molecule has 3 amide bonds. The van der Waals surface area contributed by atoms with Gasteiger partial charge in [0.2, 0.25) is 5.91 Å². The number of nitrogens with one attached hydrogen (secondary N) is 1. The van der Waals surface area contributed by atoms with Crippen molar-refractivity contribution in [2.45, 2.75) is 18.0 Å². The molecule has 1 aliphatic heterocycles. The first-order valence-electron chi connectivity index (χ1n) is 12.1. The number of ether oxygens (including phenoxy) is 1. The van der Waals surface area contributed by atoms with Crippen LogP contribution in [-0.4, -0.2) is 23.5 Å². The van der Waals surface area contributed by atoms with Gasteiger partial charge in [-0.25, -0.2) is 4.90 Å². The molecule has 0 radical (unpaired) electrons. The van der Waals surface area contributed by atoms with Crippen molar-refractivity contribution in [1.29, 1.82) is 0 Å². The summed E-state index contributed by atoms with van der Waals surface area (Å²) in [6, 6.07) is 23.0. The molecule has 202 valence electrons. The highest BCUT2D eigenvalue weighted by molar-refractivity contribution is 8.00. The van der Waals surface area contributed by atoms with Crippen LogP contribution in [0.3, 0.4) is 0 Å². The molecule has 0 aromatic heterocycles. The molecule has 1 heterocycles. The molecule has 10 heteroatoms. The summed E-state index contributed by atoms with van der Waals surface area (Å²) in [6.07, 6.45) is -4.74. The zero-order chi connectivity index (χ0) is 28.4. The van der Waals surface area contributed by atoms with Crippen molar-refractivity contribution in [1.82, 2.24) is 0 Å². The van der Waals surface area contributed by atoms with Crippen LogP contribution in [-0.2, 0) is 11.0 Å². The molecule has 5 rings (SSSR count). The number of alkyl halides is 3. The number of hydrogen-bond acceptors (Lipinski definition) is 5. The van der Waals surface area contributed by atoms with E-state index in [4.69, 9.17) is 4.74 Å². The van der Waals surface area contributed by atoms with Crippen LogP contribution in [0.1, 0.15) is 31.8 Å². The lowest BCUT2D eigenvalue weighted by Gasteiger charge is -2.19. The second-order valence-corrected chi connectivity index (χ2v) is 9.99. The Morgan fingerprint density at radius 3 is 2.20 bits per heavy atom. The van der Waals surface area contributed by atoms with Crippen molar-refractivity contribution in [3.63, 3.8) is 0 Å². The zero-order valence-corrected chi connectivity index (χ0v) is 21.8. The SMILES string of the molecule is Cc1ccc(SCC(=O)Nc2ccc(Oc3ccc4c(c3)C(=O)N(c3ccccc3C(F)(F)F)C4=O)cc2)cc1. The van der Waals surface area contributed by atoms with Crippen molar-refractivity contribution < 1.29 is 32.3 Å². The summed E-state index contributed by atoms with van der Waals surface area (Å²) < 4.78 is 46.4. The van der Waals surface area contributed by atoms with Crippen LogP contribution in [0.15, 0.2) is 95.9 Å². The van der Waals surface area contributed by atoms with E-state index in [0.717, 1.165) is 22.6 Å². The maximum atomic E-state index is 13.5. The van der Waals surface area contributed by atoms with Crippen molar-refractivity contribution >= 4 is 40.9 Å². The van der Waals surface area contributed by atoms with E-state index >= 15 is 0 Å². The number of nitrogens with zero attached hydrogens (tertiary/aromatic N) is 1. The number of aryl methyl sites for hydroxylation is 1. The van der Waals surface area contributed by atoms with E-state index in [1.165, 1.54) is 42.1 Å². The lowest BCUT2D eigenvalue weighted by Crippen LogP contribution is -2.31. The molecule has 1 N–H and O–H groups in total. The van der Waals surface area contributed by atoms with E-state index in [2.05, 4.69) is 5.32 Å². The standard InChI is InChI=1S/C30H21F3N2O4S/c1-18-6-13-22(14-7-18)40-17-27(36)34-19-8-10-20(11-9-19)39-21-12-15-23-24(16-21)29(38)35(28(23)37)26-5-3-2-4-25(26)30(31,32)33/h2-16H,17H2,1H3,(H,34,36). The van der Waals surface area contributed by atoms with Crippen molar-refractivity contribution in [3.8, 4) is 11.5 Å². The molecule has 0 saturated heterocycles. The topological polar surface area (TPSA) is 75.7 Å². The van der Waals surface area contributed by atoms with Crippen LogP contribution in [0.4, 0.5) is 24.5 Å². The van der Waals surface area contributed by atoms with Crippen molar-refractivity contribution in [3.05, 3.63) is 113 Å². The fourth-order valence-corrected chi connectivity index (χ4v) is 4.83. The van der Waals surface area contributed by atoms with E-state index in [-0.39, 0.29) is 28.5 Å². The first-order valence-corrected chi connectivity index (χ1v) is 13.0. The van der Waals surface area contributed by atoms with Gasteiger partial charge in [-0.2, -0.15) is 13.2 Å². The van der Waals surface area contributed by atoms with Gasteiger partial charge in [-0.15, -0.1) is 11.8 Å². The Morgan fingerprint density at radius 1 is 0.850 bits per heavy atom. The van der Waals surface area contributed by atoms with Crippen molar-refractivity contribution in [2.75, 3.05) is 16.0 Å². The second-order valence-electron chi connectivity index (χ2n) is 8.94. The summed E-state index contributed by atoms with van der Waals surface area (Å²) in [5, 5.41) is 2.81. The predicted octanol–water partition coefficient (Wildman–Crippen LogP) is 7.34. The minimum Gasteiger partial charge on any atom is -0.457 e. The molecular formula is C30H21F3N2O4S. The number of rotatable bonds is 7. The van der Waals surface area contributed by atoms with Gasteiger partial charge in [-0.3, -0.25) is 14.4 Å². The van der Waals surface area contributed by atoms with Gasteiger partial charge in [0, 0.05) is 10.6 Å². The fourth-order valence-electron chi connectivity index (χ4n) is 4.13. The van der Waals surface area contributed by atoms with Gasteiger partial charge in [0.15, 0.2) is 0 Å². The van der Waals surface area contributed by atoms with Gasteiger partial charge in [-0.1, -0.05) is 29.8 Å². The normalized spacial score (nSPS) is 12.8. The number of thioether (sulfide) groups is 1. The highest BCUT2D eigenvalue weighted by atomic mass is 32.2. The Balaban J connectivity index is 1.25. The first kappa shape index (κ1) is 27.0. The van der Waals surface area contributed by atoms with Gasteiger partial charge in [0.05, 0.1) is 28.1 Å². The third-order valence-electron chi connectivity index (χ3n) is 6.07. The van der Waals surface area contributed by atoms with Gasteiger partial charge in [0.1, 0.15) is 11.5 Å². The third-order valence-corrected chi connectivity index (χ3v) is 7.09. The van der Waals surface area contributed by atoms with E-state index in [0.29, 0.717) is 16.3 Å². The molecule has 0 atom stereocenters. The maximum Gasteiger partial charge on any atom is 0.418 e. The number of halogens is 3. The molecule has 0 spiro atoms. The number of amides is 3. The van der Waals surface area contributed by atoms with Gasteiger partial charge in [-0.05, 0) is 73.7 Å². The van der Waals surface area contributed by atoms with E-state index in [9.17, 15) is 27.6 Å². The Bertz CT molecular complexity index is 1600. The Morgan fingerprint density at radius 2 is 1.50 bits per heavy atom. The van der Waals surface area contributed by atoms with Gasteiger partial charge in [0.25, 0.3) is 11.8 Å². The zero-order valence-electron chi connectivity index (χ0n) is 21.0. The van der Waals surface area contributed by atoms with Gasteiger partial charge < -0.3 is 10.1 Å². The maximum absolute atomic E-state index is 13.5. The lowest BCUT2D eigenvalue weighted by atomic mass is 10.1. The minimum absolute atomic E-state index is 0.0177. The summed E-state index contributed by atoms with van der Waals surface area (Å²) in [4.78, 5) is 39.8. The van der Waals surface area contributed by atoms with E-state index in [1.54, 1.807) is 24.3 Å². The van der Waals surface area contributed by atoms with Crippen LogP contribution in [0.5, 0.6) is 11.5 Å². The molecule has 0 saturated carbocycles. The Hall–Kier alpha value is -4.57. The lowest BCUT2D eigenvalue weighted by molar-refractivity contribution is -0.137. The Labute approximate surface area is 231 Å². The number of anilines is 2. The van der Waals surface area contributed by atoms with Crippen LogP contribution in [0, 0.1) is 6.92 Å². The molecule has 0 unspecified atom stereocenters. The predicted molar refractivity (Wildman–Crippen MR) is 146 cm³/mol. The number of hydrogen-bond donors (Lipinski definition) is 1. The fraction of sp³-hybridized carbons (Fsp3) is 0.100. The number of carbonyl (C=O) groups is 3. The highest BCUT2D eigenvalue weighted by Crippen LogP contribution is 2.40. The molecule has 4 aromatic rings.